The maximum atomic E-state index is 5.49. The number of hydrogen-bond acceptors (Lipinski definition) is 4. The molecule has 0 spiro atoms. The van der Waals surface area contributed by atoms with Gasteiger partial charge in [-0.2, -0.15) is 5.10 Å². The Morgan fingerprint density at radius 2 is 2.00 bits per heavy atom. The third-order valence-corrected chi connectivity index (χ3v) is 5.33. The number of hydrogen-bond donors (Lipinski definition) is 1. The van der Waals surface area contributed by atoms with E-state index in [0.29, 0.717) is 6.04 Å². The fraction of sp³-hybridized carbons (Fsp3) is 0.429. The molecule has 2 aromatic heterocycles. The van der Waals surface area contributed by atoms with Gasteiger partial charge in [0.1, 0.15) is 0 Å². The summed E-state index contributed by atoms with van der Waals surface area (Å²) in [5.74, 6) is 0.795. The maximum Gasteiger partial charge on any atom is 0.170 e. The molecule has 1 aliphatic rings. The van der Waals surface area contributed by atoms with Crippen molar-refractivity contribution in [2.45, 2.75) is 52.1 Å². The number of aromatic amines is 1. The maximum absolute atomic E-state index is 5.49. The number of nitrogens with one attached hydrogen (secondary N) is 1. The van der Waals surface area contributed by atoms with Crippen molar-refractivity contribution in [3.8, 4) is 11.3 Å². The van der Waals surface area contributed by atoms with Gasteiger partial charge in [-0.3, -0.25) is 10.00 Å². The van der Waals surface area contributed by atoms with Crippen LogP contribution in [0.15, 0.2) is 41.1 Å². The molecule has 0 bridgehead atoms. The van der Waals surface area contributed by atoms with Crippen LogP contribution in [0.3, 0.4) is 0 Å². The summed E-state index contributed by atoms with van der Waals surface area (Å²) in [6, 6.07) is 11.3. The van der Waals surface area contributed by atoms with Gasteiger partial charge < -0.3 is 4.52 Å². The number of aryl methyl sites for hydroxylation is 2. The highest BCUT2D eigenvalue weighted by molar-refractivity contribution is 5.60. The quantitative estimate of drug-likeness (QED) is 0.727. The van der Waals surface area contributed by atoms with Gasteiger partial charge in [0.05, 0.1) is 29.2 Å². The van der Waals surface area contributed by atoms with Gasteiger partial charge in [-0.1, -0.05) is 42.8 Å². The molecule has 4 rings (SSSR count). The van der Waals surface area contributed by atoms with Crippen LogP contribution < -0.4 is 0 Å². The lowest BCUT2D eigenvalue weighted by atomic mass is 9.95. The van der Waals surface area contributed by atoms with E-state index in [4.69, 9.17) is 4.52 Å². The molecular weight excluding hydrogens is 324 g/mol. The molecule has 1 aromatic carbocycles. The van der Waals surface area contributed by atoms with Gasteiger partial charge >= 0.3 is 0 Å². The Kier molecular flexibility index (Phi) is 4.89. The normalized spacial score (nSPS) is 18.3. The number of piperidine rings is 1. The Balaban J connectivity index is 1.59. The summed E-state index contributed by atoms with van der Waals surface area (Å²) in [4.78, 5) is 2.56. The van der Waals surface area contributed by atoms with Gasteiger partial charge in [-0.15, -0.1) is 0 Å². The second-order valence-electron chi connectivity index (χ2n) is 7.18. The van der Waals surface area contributed by atoms with Crippen LogP contribution in [0, 0.1) is 6.92 Å². The van der Waals surface area contributed by atoms with Crippen LogP contribution >= 0.6 is 0 Å². The largest absolute Gasteiger partial charge is 0.356 e. The monoisotopic (exact) mass is 350 g/mol. The molecule has 1 saturated heterocycles. The molecule has 1 fully saturated rings. The number of benzene rings is 1. The zero-order valence-corrected chi connectivity index (χ0v) is 15.5. The van der Waals surface area contributed by atoms with Crippen molar-refractivity contribution in [2.24, 2.45) is 0 Å². The molecule has 1 N–H and O–H groups in total. The summed E-state index contributed by atoms with van der Waals surface area (Å²) < 4.78 is 5.49. The predicted octanol–water partition coefficient (Wildman–Crippen LogP) is 4.66. The number of nitrogens with zero attached hydrogens (tertiary/aromatic N) is 3. The van der Waals surface area contributed by atoms with E-state index in [9.17, 15) is 0 Å². The van der Waals surface area contributed by atoms with Crippen LogP contribution in [0.4, 0.5) is 0 Å². The predicted molar refractivity (Wildman–Crippen MR) is 102 cm³/mol. The van der Waals surface area contributed by atoms with Crippen molar-refractivity contribution < 1.29 is 4.52 Å². The molecular formula is C21H26N4O. The lowest BCUT2D eigenvalue weighted by Gasteiger charge is -2.35. The highest BCUT2D eigenvalue weighted by atomic mass is 16.5. The first-order valence-corrected chi connectivity index (χ1v) is 9.53. The fourth-order valence-electron chi connectivity index (χ4n) is 3.86. The van der Waals surface area contributed by atoms with Gasteiger partial charge in [-0.05, 0) is 43.9 Å². The minimum absolute atomic E-state index is 0.331. The van der Waals surface area contributed by atoms with Gasteiger partial charge in [0.15, 0.2) is 5.76 Å². The average molecular weight is 350 g/mol. The molecule has 1 atom stereocenters. The molecule has 5 nitrogen and oxygen atoms in total. The number of H-pyrrole nitrogens is 1. The first kappa shape index (κ1) is 17.0. The van der Waals surface area contributed by atoms with Crippen molar-refractivity contribution >= 4 is 0 Å². The number of aromatic nitrogens is 3. The summed E-state index contributed by atoms with van der Waals surface area (Å²) in [6.45, 7) is 6.21. The average Bonchev–Trinajstić information content (AvgIpc) is 3.31. The summed E-state index contributed by atoms with van der Waals surface area (Å²) >= 11 is 0. The van der Waals surface area contributed by atoms with Crippen molar-refractivity contribution in [1.29, 1.82) is 0 Å². The van der Waals surface area contributed by atoms with Crippen molar-refractivity contribution in [2.75, 3.05) is 6.54 Å². The van der Waals surface area contributed by atoms with E-state index >= 15 is 0 Å². The molecule has 0 aliphatic carbocycles. The zero-order chi connectivity index (χ0) is 17.9. The van der Waals surface area contributed by atoms with E-state index in [0.717, 1.165) is 48.6 Å². The molecule has 3 heterocycles. The second-order valence-corrected chi connectivity index (χ2v) is 7.18. The molecule has 0 amide bonds. The molecule has 0 radical (unpaired) electrons. The van der Waals surface area contributed by atoms with E-state index in [2.05, 4.69) is 51.4 Å². The summed E-state index contributed by atoms with van der Waals surface area (Å²) in [5, 5.41) is 11.6. The fourth-order valence-corrected chi connectivity index (χ4v) is 3.86. The molecule has 26 heavy (non-hydrogen) atoms. The lowest BCUT2D eigenvalue weighted by molar-refractivity contribution is 0.137. The lowest BCUT2D eigenvalue weighted by Crippen LogP contribution is -2.33. The van der Waals surface area contributed by atoms with E-state index in [-0.39, 0.29) is 0 Å². The first-order chi connectivity index (χ1) is 12.7. The molecule has 0 unspecified atom stereocenters. The Bertz CT molecular complexity index is 849. The van der Waals surface area contributed by atoms with E-state index in [1.165, 1.54) is 24.0 Å². The first-order valence-electron chi connectivity index (χ1n) is 9.53. The van der Waals surface area contributed by atoms with Crippen molar-refractivity contribution in [3.63, 3.8) is 0 Å². The summed E-state index contributed by atoms with van der Waals surface area (Å²) in [6.07, 6.45) is 6.56. The standard InChI is InChI=1S/C21H26N4O/c1-3-16-7-9-17(10-8-16)14-25-11-5-4-6-19(25)21-18(13-22-23-21)20-12-15(2)24-26-20/h7-10,12-13,19H,3-6,11,14H2,1-2H3,(H,22,23)/t19-/m1/s1. The molecule has 0 saturated carbocycles. The molecule has 5 heteroatoms. The van der Waals surface area contributed by atoms with Gasteiger partial charge in [0, 0.05) is 12.6 Å². The van der Waals surface area contributed by atoms with Crippen LogP contribution in [0.5, 0.6) is 0 Å². The van der Waals surface area contributed by atoms with Gasteiger partial charge in [0.2, 0.25) is 0 Å². The highest BCUT2D eigenvalue weighted by Gasteiger charge is 2.28. The van der Waals surface area contributed by atoms with Crippen LogP contribution in [0.2, 0.25) is 0 Å². The molecule has 1 aliphatic heterocycles. The SMILES string of the molecule is CCc1ccc(CN2CCCC[C@@H]2c2[nH]ncc2-c2cc(C)no2)cc1. The smallest absolute Gasteiger partial charge is 0.170 e. The third kappa shape index (κ3) is 3.44. The minimum atomic E-state index is 0.331. The van der Waals surface area contributed by atoms with Crippen LogP contribution in [-0.4, -0.2) is 26.8 Å². The Labute approximate surface area is 154 Å². The second kappa shape index (κ2) is 7.46. The van der Waals surface area contributed by atoms with Crippen molar-refractivity contribution in [1.82, 2.24) is 20.3 Å². The Morgan fingerprint density at radius 1 is 1.19 bits per heavy atom. The van der Waals surface area contributed by atoms with Gasteiger partial charge in [0.25, 0.3) is 0 Å². The Morgan fingerprint density at radius 3 is 2.73 bits per heavy atom. The van der Waals surface area contributed by atoms with E-state index < -0.39 is 0 Å². The van der Waals surface area contributed by atoms with Crippen LogP contribution in [-0.2, 0) is 13.0 Å². The topological polar surface area (TPSA) is 58.0 Å². The van der Waals surface area contributed by atoms with Crippen molar-refractivity contribution in [3.05, 3.63) is 59.0 Å². The highest BCUT2D eigenvalue weighted by Crippen LogP contribution is 2.36. The number of rotatable bonds is 5. The summed E-state index contributed by atoms with van der Waals surface area (Å²) in [7, 11) is 0. The third-order valence-electron chi connectivity index (χ3n) is 5.33. The Hall–Kier alpha value is -2.40. The van der Waals surface area contributed by atoms with Crippen LogP contribution in [0.1, 0.15) is 54.7 Å². The summed E-state index contributed by atoms with van der Waals surface area (Å²) in [5.41, 5.74) is 5.82. The minimum Gasteiger partial charge on any atom is -0.356 e. The van der Waals surface area contributed by atoms with Crippen LogP contribution in [0.25, 0.3) is 11.3 Å². The number of likely N-dealkylation sites (tertiary alicyclic amines) is 1. The van der Waals surface area contributed by atoms with Gasteiger partial charge in [-0.25, -0.2) is 0 Å². The molecule has 3 aromatic rings. The van der Waals surface area contributed by atoms with E-state index in [1.807, 2.05) is 19.2 Å². The van der Waals surface area contributed by atoms with E-state index in [1.54, 1.807) is 0 Å². The molecule has 136 valence electrons. The zero-order valence-electron chi connectivity index (χ0n) is 15.5.